The van der Waals surface area contributed by atoms with Crippen molar-refractivity contribution in [3.8, 4) is 6.07 Å². The molecular formula is C25H18N2OS. The van der Waals surface area contributed by atoms with Crippen molar-refractivity contribution in [1.82, 2.24) is 0 Å². The van der Waals surface area contributed by atoms with E-state index < -0.39 is 0 Å². The van der Waals surface area contributed by atoms with Gasteiger partial charge in [-0.05, 0) is 52.9 Å². The van der Waals surface area contributed by atoms with Crippen LogP contribution in [0.5, 0.6) is 0 Å². The third-order valence-corrected chi connectivity index (χ3v) is 6.57. The van der Waals surface area contributed by atoms with Gasteiger partial charge in [-0.25, -0.2) is 10.1 Å². The van der Waals surface area contributed by atoms with Gasteiger partial charge in [0.1, 0.15) is 0 Å². The summed E-state index contributed by atoms with van der Waals surface area (Å²) in [4.78, 5) is 18.3. The zero-order valence-electron chi connectivity index (χ0n) is 16.2. The molecule has 0 N–H and O–H groups in total. The molecule has 0 fully saturated rings. The maximum Gasteiger partial charge on any atom is 0.273 e. The highest BCUT2D eigenvalue weighted by atomic mass is 32.2. The Morgan fingerprint density at radius 1 is 1.10 bits per heavy atom. The van der Waals surface area contributed by atoms with Gasteiger partial charge in [-0.2, -0.15) is 0 Å². The number of hydrogen-bond donors (Lipinski definition) is 0. The van der Waals surface area contributed by atoms with E-state index in [0.29, 0.717) is 16.7 Å². The van der Waals surface area contributed by atoms with Crippen LogP contribution in [0.25, 0.3) is 32.1 Å². The molecule has 0 heterocycles. The highest BCUT2D eigenvalue weighted by Gasteiger charge is 2.16. The summed E-state index contributed by atoms with van der Waals surface area (Å²) in [5, 5.41) is 12.6. The topological polar surface area (TPSA) is 45.2 Å². The average Bonchev–Trinajstić information content (AvgIpc) is 3.04. The summed E-state index contributed by atoms with van der Waals surface area (Å²) >= 11 is 1.66. The Bertz CT molecular complexity index is 1390. The molecule has 4 rings (SSSR count). The Morgan fingerprint density at radius 3 is 2.48 bits per heavy atom. The molecule has 0 saturated carbocycles. The van der Waals surface area contributed by atoms with Gasteiger partial charge in [0.15, 0.2) is 5.43 Å². The second kappa shape index (κ2) is 7.59. The zero-order chi connectivity index (χ0) is 20.5. The van der Waals surface area contributed by atoms with E-state index in [1.54, 1.807) is 11.8 Å². The molecule has 0 bridgehead atoms. The van der Waals surface area contributed by atoms with Gasteiger partial charge >= 0.3 is 0 Å². The summed E-state index contributed by atoms with van der Waals surface area (Å²) in [6.45, 7) is 11.7. The molecule has 4 aromatic carbocycles. The second-order valence-electron chi connectivity index (χ2n) is 7.10. The molecule has 1 unspecified atom stereocenters. The van der Waals surface area contributed by atoms with Crippen LogP contribution in [-0.2, 0) is 0 Å². The Morgan fingerprint density at radius 2 is 1.83 bits per heavy atom. The fraction of sp³-hybridized carbons (Fsp3) is 0.160. The number of hydrogen-bond acceptors (Lipinski definition) is 3. The summed E-state index contributed by atoms with van der Waals surface area (Å²) in [5.74, 6) is 0.541. The van der Waals surface area contributed by atoms with E-state index in [1.807, 2.05) is 36.4 Å². The SMILES string of the molecule is [C-]#[N+]/C(C#N)=c1\c(=O)c2ccc(Sc3ccc(C(C)CC)cc3)c3cccc1c32. The van der Waals surface area contributed by atoms with Crippen LogP contribution in [0.1, 0.15) is 31.7 Å². The molecule has 0 aliphatic rings. The average molecular weight is 394 g/mol. The van der Waals surface area contributed by atoms with E-state index in [0.717, 1.165) is 27.0 Å². The standard InChI is InChI=1S/C25H18N2OS/c1-4-15(2)16-8-10-17(11-9-16)29-22-13-12-20-23-18(22)6-5-7-19(23)24(25(20)28)21(14-26)27-3/h5-13,15H,4H2,1-2H3/b24-21-. The van der Waals surface area contributed by atoms with Gasteiger partial charge in [0.05, 0.1) is 12.6 Å². The minimum absolute atomic E-state index is 0.145. The Balaban J connectivity index is 1.88. The lowest BCUT2D eigenvalue weighted by molar-refractivity contribution is 0.733. The van der Waals surface area contributed by atoms with E-state index in [9.17, 15) is 10.1 Å². The molecular weight excluding hydrogens is 376 g/mol. The maximum absolute atomic E-state index is 12.9. The predicted molar refractivity (Wildman–Crippen MR) is 119 cm³/mol. The van der Waals surface area contributed by atoms with E-state index in [1.165, 1.54) is 5.56 Å². The van der Waals surface area contributed by atoms with Gasteiger partial charge in [-0.1, -0.05) is 55.9 Å². The van der Waals surface area contributed by atoms with Gasteiger partial charge in [0, 0.05) is 25.8 Å². The van der Waals surface area contributed by atoms with Crippen molar-refractivity contribution in [3.05, 3.63) is 87.0 Å². The summed E-state index contributed by atoms with van der Waals surface area (Å²) in [6.07, 6.45) is 1.11. The summed E-state index contributed by atoms with van der Waals surface area (Å²) in [5.41, 5.74) is 0.951. The number of nitriles is 1. The van der Waals surface area contributed by atoms with Gasteiger partial charge in [0.25, 0.3) is 5.70 Å². The molecule has 4 aromatic rings. The normalized spacial score (nSPS) is 13.2. The van der Waals surface area contributed by atoms with Crippen molar-refractivity contribution in [3.63, 3.8) is 0 Å². The molecule has 0 aliphatic carbocycles. The number of rotatable bonds is 4. The summed E-state index contributed by atoms with van der Waals surface area (Å²) in [7, 11) is 0. The Hall–Kier alpha value is -3.34. The summed E-state index contributed by atoms with van der Waals surface area (Å²) in [6, 6.07) is 20.0. The van der Waals surface area contributed by atoms with E-state index in [2.05, 4.69) is 43.0 Å². The zero-order valence-corrected chi connectivity index (χ0v) is 17.0. The molecule has 0 spiro atoms. The molecule has 140 valence electrons. The van der Waals surface area contributed by atoms with Crippen LogP contribution in [0.4, 0.5) is 0 Å². The van der Waals surface area contributed by atoms with Crippen LogP contribution in [-0.4, -0.2) is 0 Å². The first-order valence-corrected chi connectivity index (χ1v) is 10.3. The van der Waals surface area contributed by atoms with Crippen LogP contribution >= 0.6 is 11.8 Å². The lowest BCUT2D eigenvalue weighted by atomic mass is 9.99. The molecule has 0 amide bonds. The van der Waals surface area contributed by atoms with Crippen molar-refractivity contribution in [2.24, 2.45) is 0 Å². The third kappa shape index (κ3) is 3.12. The Labute approximate surface area is 173 Å². The van der Waals surface area contributed by atoms with E-state index in [4.69, 9.17) is 6.57 Å². The van der Waals surface area contributed by atoms with Crippen molar-refractivity contribution in [2.45, 2.75) is 36.0 Å². The molecule has 0 aromatic heterocycles. The van der Waals surface area contributed by atoms with Crippen LogP contribution in [0.3, 0.4) is 0 Å². The van der Waals surface area contributed by atoms with Crippen LogP contribution in [0, 0.1) is 17.9 Å². The highest BCUT2D eigenvalue weighted by molar-refractivity contribution is 7.99. The maximum atomic E-state index is 12.9. The first kappa shape index (κ1) is 19.0. The van der Waals surface area contributed by atoms with Crippen LogP contribution in [0.15, 0.2) is 69.2 Å². The first-order valence-electron chi connectivity index (χ1n) is 9.49. The minimum Gasteiger partial charge on any atom is -0.290 e. The second-order valence-corrected chi connectivity index (χ2v) is 8.21. The quantitative estimate of drug-likeness (QED) is 0.416. The van der Waals surface area contributed by atoms with Gasteiger partial charge < -0.3 is 0 Å². The van der Waals surface area contributed by atoms with Crippen molar-refractivity contribution in [1.29, 1.82) is 5.26 Å². The highest BCUT2D eigenvalue weighted by Crippen LogP contribution is 2.37. The fourth-order valence-corrected chi connectivity index (χ4v) is 4.66. The predicted octanol–water partition coefficient (Wildman–Crippen LogP) is 5.73. The summed E-state index contributed by atoms with van der Waals surface area (Å²) < 4.78 is 0. The minimum atomic E-state index is -0.238. The largest absolute Gasteiger partial charge is 0.290 e. The molecule has 29 heavy (non-hydrogen) atoms. The van der Waals surface area contributed by atoms with Gasteiger partial charge in [-0.3, -0.25) is 4.79 Å². The third-order valence-electron chi connectivity index (χ3n) is 5.49. The van der Waals surface area contributed by atoms with Crippen molar-refractivity contribution < 1.29 is 0 Å². The molecule has 0 saturated heterocycles. The molecule has 4 heteroatoms. The van der Waals surface area contributed by atoms with Gasteiger partial charge in [0.2, 0.25) is 0 Å². The first-order chi connectivity index (χ1) is 14.1. The van der Waals surface area contributed by atoms with E-state index >= 15 is 0 Å². The lowest BCUT2D eigenvalue weighted by Crippen LogP contribution is -2.21. The molecule has 1 atom stereocenters. The Kier molecular flexibility index (Phi) is 4.97. The molecule has 0 radical (unpaired) electrons. The van der Waals surface area contributed by atoms with Crippen molar-refractivity contribution in [2.75, 3.05) is 0 Å². The van der Waals surface area contributed by atoms with Crippen molar-refractivity contribution >= 4 is 39.0 Å². The smallest absolute Gasteiger partial charge is 0.273 e. The number of benzene rings is 3. The lowest BCUT2D eigenvalue weighted by Gasteiger charge is -2.11. The van der Waals surface area contributed by atoms with Crippen LogP contribution < -0.4 is 10.6 Å². The fourth-order valence-electron chi connectivity index (χ4n) is 3.72. The van der Waals surface area contributed by atoms with Crippen LogP contribution in [0.2, 0.25) is 0 Å². The number of nitrogens with zero attached hydrogens (tertiary/aromatic N) is 2. The molecule has 0 aliphatic heterocycles. The van der Waals surface area contributed by atoms with E-state index in [-0.39, 0.29) is 16.3 Å². The monoisotopic (exact) mass is 394 g/mol. The van der Waals surface area contributed by atoms with Gasteiger partial charge in [-0.15, -0.1) is 0 Å². The molecule has 3 nitrogen and oxygen atoms in total.